The van der Waals surface area contributed by atoms with Crippen molar-refractivity contribution in [1.29, 1.82) is 0 Å². The van der Waals surface area contributed by atoms with Gasteiger partial charge < -0.3 is 153 Å². The fraction of sp³-hybridized carbons (Fsp3) is 1.00. The average Bonchev–Trinajstić information content (AvgIpc) is 3.35. The molecule has 428 valence electrons. The Bertz CT molecular complexity index is 1730. The Hall–Kier alpha value is -1.13. The summed E-state index contributed by atoms with van der Waals surface area (Å²) >= 11 is 0. The molecule has 0 saturated carbocycles. The molecule has 6 aliphatic rings. The van der Waals surface area contributed by atoms with Crippen LogP contribution in [-0.2, 0) is 70.8 Å². The molecule has 6 aliphatic heterocycles. The van der Waals surface area contributed by atoms with Crippen molar-refractivity contribution in [1.82, 2.24) is 0 Å². The van der Waals surface area contributed by atoms with E-state index < -0.39 is 232 Å². The number of ether oxygens (including phenoxy) is 12. The number of hydrogen-bond acceptors (Lipinski definition) is 33. The highest BCUT2D eigenvalue weighted by Gasteiger charge is 2.56. The van der Waals surface area contributed by atoms with Gasteiger partial charge in [-0.3, -0.25) is 9.78 Å². The average molecular weight is 1100 g/mol. The van der Waals surface area contributed by atoms with Crippen LogP contribution in [-0.4, -0.2) is 333 Å². The zero-order chi connectivity index (χ0) is 54.0. The van der Waals surface area contributed by atoms with Crippen LogP contribution in [0.2, 0.25) is 0 Å². The summed E-state index contributed by atoms with van der Waals surface area (Å²) in [6, 6.07) is 0. The molecule has 0 amide bonds. The minimum Gasteiger partial charge on any atom is -0.394 e. The van der Waals surface area contributed by atoms with E-state index in [4.69, 9.17) is 71.9 Å². The fourth-order valence-electron chi connectivity index (χ4n) is 8.65. The Labute approximate surface area is 411 Å². The second-order valence-corrected chi connectivity index (χ2v) is 19.0. The lowest BCUT2D eigenvalue weighted by molar-refractivity contribution is -0.390. The Morgan fingerprint density at radius 3 is 1.19 bits per heavy atom. The van der Waals surface area contributed by atoms with Crippen molar-refractivity contribution in [3.8, 4) is 0 Å². The molecule has 6 saturated heterocycles. The Balaban J connectivity index is 1.14. The number of rotatable bonds is 20. The summed E-state index contributed by atoms with van der Waals surface area (Å²) in [5.41, 5.74) is 0. The van der Waals surface area contributed by atoms with Crippen molar-refractivity contribution in [3.05, 3.63) is 0 Å². The number of hydrogen-bond donors (Lipinski definition) is 20. The predicted molar refractivity (Wildman–Crippen MR) is 216 cm³/mol. The summed E-state index contributed by atoms with van der Waals surface area (Å²) < 4.78 is 82.6. The first kappa shape index (κ1) is 61.1. The normalized spacial score (nSPS) is 50.2. The van der Waals surface area contributed by atoms with Crippen molar-refractivity contribution >= 4 is 7.82 Å². The van der Waals surface area contributed by atoms with Gasteiger partial charge in [0.05, 0.1) is 33.0 Å². The zero-order valence-corrected chi connectivity index (χ0v) is 39.0. The van der Waals surface area contributed by atoms with Crippen LogP contribution in [0.25, 0.3) is 0 Å². The van der Waals surface area contributed by atoms with Crippen LogP contribution in [0.1, 0.15) is 0 Å². The third kappa shape index (κ3) is 13.8. The van der Waals surface area contributed by atoms with E-state index in [0.717, 1.165) is 7.11 Å². The van der Waals surface area contributed by atoms with Crippen LogP contribution in [0, 0.1) is 0 Å². The maximum absolute atomic E-state index is 11.6. The molecule has 73 heavy (non-hydrogen) atoms. The van der Waals surface area contributed by atoms with Crippen molar-refractivity contribution in [2.45, 2.75) is 184 Å². The van der Waals surface area contributed by atoms with Gasteiger partial charge in [-0.05, 0) is 0 Å². The minimum absolute atomic E-state index is 0.738. The van der Waals surface area contributed by atoms with Gasteiger partial charge in [-0.2, -0.15) is 0 Å². The third-order valence-corrected chi connectivity index (χ3v) is 13.4. The van der Waals surface area contributed by atoms with Crippen LogP contribution >= 0.6 is 7.82 Å². The molecule has 0 radical (unpaired) electrons. The summed E-state index contributed by atoms with van der Waals surface area (Å²) in [7, 11) is -4.13. The Morgan fingerprint density at radius 2 is 0.726 bits per heavy atom. The molecule has 0 bridgehead atoms. The van der Waals surface area contributed by atoms with Gasteiger partial charge in [0, 0.05) is 7.11 Å². The third-order valence-electron chi connectivity index (χ3n) is 12.9. The summed E-state index contributed by atoms with van der Waals surface area (Å²) in [6.45, 7) is -5.41. The first-order valence-electron chi connectivity index (χ1n) is 22.4. The molecule has 6 rings (SSSR count). The number of aliphatic hydroxyl groups excluding tert-OH is 17. The van der Waals surface area contributed by atoms with Crippen LogP contribution in [0.3, 0.4) is 0 Å². The zero-order valence-electron chi connectivity index (χ0n) is 38.1. The quantitative estimate of drug-likeness (QED) is 0.0306. The first-order chi connectivity index (χ1) is 34.4. The summed E-state index contributed by atoms with van der Waals surface area (Å²) in [5.74, 6) is 0. The van der Waals surface area contributed by atoms with E-state index in [1.807, 2.05) is 0 Å². The molecule has 20 N–H and O–H groups in total. The van der Waals surface area contributed by atoms with Crippen LogP contribution < -0.4 is 0 Å². The molecular formula is C37H65O35P. The largest absolute Gasteiger partial charge is 0.469 e. The smallest absolute Gasteiger partial charge is 0.394 e. The monoisotopic (exact) mass is 1100 g/mol. The van der Waals surface area contributed by atoms with Crippen molar-refractivity contribution < 1.29 is 173 Å². The highest BCUT2D eigenvalue weighted by molar-refractivity contribution is 7.46. The van der Waals surface area contributed by atoms with Crippen molar-refractivity contribution in [3.63, 3.8) is 0 Å². The van der Waals surface area contributed by atoms with Crippen LogP contribution in [0.15, 0.2) is 0 Å². The molecule has 0 aromatic carbocycles. The highest BCUT2D eigenvalue weighted by Crippen LogP contribution is 2.39. The molecule has 0 aromatic heterocycles. The fourth-order valence-corrected chi connectivity index (χ4v) is 9.00. The molecule has 0 aliphatic carbocycles. The molecule has 0 aromatic rings. The van der Waals surface area contributed by atoms with Crippen LogP contribution in [0.5, 0.6) is 0 Å². The summed E-state index contributed by atoms with van der Waals surface area (Å²) in [6.07, 6.45) is -57.8. The molecular weight excluding hydrogens is 1040 g/mol. The molecule has 35 nitrogen and oxygen atoms in total. The van der Waals surface area contributed by atoms with E-state index in [9.17, 15) is 91.4 Å². The predicted octanol–water partition coefficient (Wildman–Crippen LogP) is -12.8. The number of aliphatic hydroxyl groups is 17. The second kappa shape index (κ2) is 26.2. The lowest BCUT2D eigenvalue weighted by Gasteiger charge is -2.48. The number of phosphoric ester groups is 1. The van der Waals surface area contributed by atoms with Gasteiger partial charge in [0.25, 0.3) is 0 Å². The molecule has 6 fully saturated rings. The van der Waals surface area contributed by atoms with E-state index in [1.165, 1.54) is 0 Å². The van der Waals surface area contributed by atoms with Crippen LogP contribution in [0.4, 0.5) is 0 Å². The number of phosphoric acid groups is 1. The SMILES string of the molecule is CO[C@@H]1OC(CO[C@H]2OC(CO[C@H]3OC(CO)[C@@H](O)[C@H](O)C3O[C@@H]3OC(COO)[C@@H](O)[C@H](O)C3O)[C@@H](O)[C@H](O)C2O)[C@@H](O)[C@H](O[C@H]2OC(CO)[C@@H](O)[C@H](O)C2O[C@H]2OC(COP(=O)(O)O)[C@@H](O)[C@H](O)C2O)C1O. The second-order valence-electron chi connectivity index (χ2n) is 17.8. The van der Waals surface area contributed by atoms with E-state index in [-0.39, 0.29) is 0 Å². The summed E-state index contributed by atoms with van der Waals surface area (Å²) in [5, 5.41) is 190. The summed E-state index contributed by atoms with van der Waals surface area (Å²) in [4.78, 5) is 22.2. The highest BCUT2D eigenvalue weighted by atomic mass is 31.2. The maximum Gasteiger partial charge on any atom is 0.469 e. The lowest BCUT2D eigenvalue weighted by Crippen LogP contribution is -2.67. The Morgan fingerprint density at radius 1 is 0.370 bits per heavy atom. The lowest BCUT2D eigenvalue weighted by atomic mass is 9.96. The van der Waals surface area contributed by atoms with Gasteiger partial charge in [-0.1, -0.05) is 0 Å². The Kier molecular flexibility index (Phi) is 21.9. The standard InChI is InChI=1S/C37H65O35P/c1-59-32-28(54)29(70-37-31(24(50)15(41)9(3-39)65-37)72-35-27(53)22(48)18(44)13(69-35)7-63-73(56,57)58)19(45)11(66-32)5-60-33-25(51)20(46)16(42)10(67-33)4-61-36-30(23(49)14(40)8(2-38)64-36)71-34-26(52)21(47)17(43)12(68-34)6-62-55/h8-55H,2-7H2,1H3,(H2,56,57,58)/t8?,9?,10?,11?,12?,13?,14-,15-,16-,17-,18-,19-,20+,21+,22+,23+,24+,25?,26?,27?,28?,29+,30?,31?,32-,33+,34+,35-,36+,37-/m1/s1. The van der Waals surface area contributed by atoms with Gasteiger partial charge in [0.15, 0.2) is 37.7 Å². The molecule has 6 heterocycles. The minimum atomic E-state index is -5.18. The van der Waals surface area contributed by atoms with Gasteiger partial charge in [0.1, 0.15) is 153 Å². The van der Waals surface area contributed by atoms with E-state index >= 15 is 0 Å². The first-order valence-corrected chi connectivity index (χ1v) is 23.9. The van der Waals surface area contributed by atoms with Gasteiger partial charge in [0.2, 0.25) is 0 Å². The van der Waals surface area contributed by atoms with E-state index in [2.05, 4.69) is 9.41 Å². The maximum atomic E-state index is 11.6. The van der Waals surface area contributed by atoms with Gasteiger partial charge in [-0.15, -0.1) is 0 Å². The topological polar surface area (TPSA) is 551 Å². The molecule has 30 atom stereocenters. The molecule has 12 unspecified atom stereocenters. The molecule has 0 spiro atoms. The van der Waals surface area contributed by atoms with Crippen molar-refractivity contribution in [2.24, 2.45) is 0 Å². The van der Waals surface area contributed by atoms with Gasteiger partial charge >= 0.3 is 7.82 Å². The van der Waals surface area contributed by atoms with Crippen molar-refractivity contribution in [2.75, 3.05) is 46.8 Å². The molecule has 36 heteroatoms. The van der Waals surface area contributed by atoms with E-state index in [1.54, 1.807) is 0 Å². The van der Waals surface area contributed by atoms with Gasteiger partial charge in [-0.25, -0.2) is 9.45 Å². The van der Waals surface area contributed by atoms with E-state index in [0.29, 0.717) is 0 Å². The number of methoxy groups -OCH3 is 1.